The maximum Gasteiger partial charge on any atom is 0.328 e. The Balaban J connectivity index is 1.73. The molecule has 0 spiro atoms. The molecule has 22 heavy (non-hydrogen) atoms. The predicted molar refractivity (Wildman–Crippen MR) is 84.4 cm³/mol. The molecule has 0 radical (unpaired) electrons. The summed E-state index contributed by atoms with van der Waals surface area (Å²) in [6, 6.07) is 13.8. The van der Waals surface area contributed by atoms with Crippen LogP contribution in [0.15, 0.2) is 42.5 Å². The third kappa shape index (κ3) is 2.69. The summed E-state index contributed by atoms with van der Waals surface area (Å²) < 4.78 is 4.63. The van der Waals surface area contributed by atoms with Gasteiger partial charge in [-0.3, -0.25) is 4.79 Å². The van der Waals surface area contributed by atoms with E-state index in [9.17, 15) is 9.59 Å². The van der Waals surface area contributed by atoms with Gasteiger partial charge in [-0.2, -0.15) is 0 Å². The second-order valence-electron chi connectivity index (χ2n) is 5.77. The van der Waals surface area contributed by atoms with E-state index in [4.69, 9.17) is 0 Å². The van der Waals surface area contributed by atoms with Crippen molar-refractivity contribution in [3.05, 3.63) is 48.0 Å². The van der Waals surface area contributed by atoms with Crippen molar-refractivity contribution in [1.29, 1.82) is 0 Å². The number of ether oxygens (including phenoxy) is 1. The highest BCUT2D eigenvalue weighted by molar-refractivity contribution is 5.91. The van der Waals surface area contributed by atoms with E-state index in [1.54, 1.807) is 6.92 Å². The number of carbonyl (C=O) groups excluding carboxylic acids is 2. The van der Waals surface area contributed by atoms with Crippen LogP contribution in [0.3, 0.4) is 0 Å². The molecular formula is C18H19NO3. The Morgan fingerprint density at radius 2 is 1.91 bits per heavy atom. The standard InChI is InChI=1S/C18H19NO3/c1-11(18(21)22-2)19-17(20)16-10-15(16)14-9-5-7-12-6-3-4-8-13(12)14/h3-9,11,15-16H,10H2,1-2H3,(H,19,20)/t11-,15+,16-/m0/s1. The highest BCUT2D eigenvalue weighted by Gasteiger charge is 2.45. The topological polar surface area (TPSA) is 55.4 Å². The van der Waals surface area contributed by atoms with Crippen molar-refractivity contribution in [2.75, 3.05) is 7.11 Å². The molecule has 0 unspecified atom stereocenters. The third-order valence-corrected chi connectivity index (χ3v) is 4.26. The van der Waals surface area contributed by atoms with E-state index in [-0.39, 0.29) is 17.7 Å². The molecule has 0 bridgehead atoms. The second-order valence-corrected chi connectivity index (χ2v) is 5.77. The minimum atomic E-state index is -0.605. The molecule has 2 aromatic carbocycles. The van der Waals surface area contributed by atoms with Crippen LogP contribution in [-0.2, 0) is 14.3 Å². The number of fused-ring (bicyclic) bond motifs is 1. The van der Waals surface area contributed by atoms with Gasteiger partial charge in [-0.1, -0.05) is 42.5 Å². The first kappa shape index (κ1) is 14.6. The number of methoxy groups -OCH3 is 1. The Morgan fingerprint density at radius 1 is 1.18 bits per heavy atom. The fourth-order valence-electron chi connectivity index (χ4n) is 2.96. The molecule has 1 aliphatic carbocycles. The molecule has 2 aromatic rings. The van der Waals surface area contributed by atoms with Crippen LogP contribution >= 0.6 is 0 Å². The summed E-state index contributed by atoms with van der Waals surface area (Å²) in [4.78, 5) is 23.6. The van der Waals surface area contributed by atoms with Crippen molar-refractivity contribution in [3.63, 3.8) is 0 Å². The molecule has 1 saturated carbocycles. The summed E-state index contributed by atoms with van der Waals surface area (Å²) in [5.41, 5.74) is 1.21. The predicted octanol–water partition coefficient (Wildman–Crippen LogP) is 2.62. The van der Waals surface area contributed by atoms with E-state index < -0.39 is 12.0 Å². The van der Waals surface area contributed by atoms with E-state index in [1.807, 2.05) is 18.2 Å². The van der Waals surface area contributed by atoms with Crippen molar-refractivity contribution in [3.8, 4) is 0 Å². The molecule has 3 rings (SSSR count). The van der Waals surface area contributed by atoms with Crippen molar-refractivity contribution >= 4 is 22.6 Å². The van der Waals surface area contributed by atoms with E-state index in [1.165, 1.54) is 23.4 Å². The van der Waals surface area contributed by atoms with Gasteiger partial charge in [0.05, 0.1) is 7.11 Å². The Kier molecular flexibility index (Phi) is 3.84. The van der Waals surface area contributed by atoms with E-state index in [0.717, 1.165) is 6.42 Å². The Morgan fingerprint density at radius 3 is 2.68 bits per heavy atom. The van der Waals surface area contributed by atoms with Crippen LogP contribution in [-0.4, -0.2) is 25.0 Å². The molecular weight excluding hydrogens is 278 g/mol. The van der Waals surface area contributed by atoms with Gasteiger partial charge < -0.3 is 10.1 Å². The zero-order chi connectivity index (χ0) is 15.7. The largest absolute Gasteiger partial charge is 0.467 e. The van der Waals surface area contributed by atoms with E-state index >= 15 is 0 Å². The molecule has 0 aromatic heterocycles. The zero-order valence-electron chi connectivity index (χ0n) is 12.7. The molecule has 1 amide bonds. The van der Waals surface area contributed by atoms with Crippen molar-refractivity contribution in [1.82, 2.24) is 5.32 Å². The molecule has 1 fully saturated rings. The van der Waals surface area contributed by atoms with Crippen LogP contribution in [0.5, 0.6) is 0 Å². The number of esters is 1. The Hall–Kier alpha value is -2.36. The lowest BCUT2D eigenvalue weighted by Crippen LogP contribution is -2.40. The molecule has 4 heteroatoms. The third-order valence-electron chi connectivity index (χ3n) is 4.26. The number of rotatable bonds is 4. The van der Waals surface area contributed by atoms with Gasteiger partial charge in [-0.15, -0.1) is 0 Å². The highest BCUT2D eigenvalue weighted by Crippen LogP contribution is 2.49. The monoisotopic (exact) mass is 297 g/mol. The summed E-state index contributed by atoms with van der Waals surface area (Å²) in [5.74, 6) is -0.319. The zero-order valence-corrected chi connectivity index (χ0v) is 12.7. The van der Waals surface area contributed by atoms with Gasteiger partial charge in [-0.25, -0.2) is 4.79 Å². The van der Waals surface area contributed by atoms with Crippen LogP contribution in [0.4, 0.5) is 0 Å². The van der Waals surface area contributed by atoms with Crippen LogP contribution in [0.2, 0.25) is 0 Å². The smallest absolute Gasteiger partial charge is 0.328 e. The SMILES string of the molecule is COC(=O)[C@H](C)NC(=O)[C@H]1C[C@@H]1c1cccc2ccccc12. The summed E-state index contributed by atoms with van der Waals surface area (Å²) in [6.45, 7) is 1.64. The Bertz CT molecular complexity index is 720. The summed E-state index contributed by atoms with van der Waals surface area (Å²) in [6.07, 6.45) is 0.827. The molecule has 0 heterocycles. The van der Waals surface area contributed by atoms with E-state index in [2.05, 4.69) is 34.3 Å². The van der Waals surface area contributed by atoms with Gasteiger partial charge in [0.1, 0.15) is 6.04 Å². The number of carbonyl (C=O) groups is 2. The normalized spacial score (nSPS) is 21.2. The van der Waals surface area contributed by atoms with Crippen LogP contribution in [0.1, 0.15) is 24.8 Å². The number of hydrogen-bond acceptors (Lipinski definition) is 3. The summed E-state index contributed by atoms with van der Waals surface area (Å²) in [5, 5.41) is 5.12. The number of nitrogens with one attached hydrogen (secondary N) is 1. The lowest BCUT2D eigenvalue weighted by Gasteiger charge is -2.11. The first-order valence-corrected chi connectivity index (χ1v) is 7.47. The maximum absolute atomic E-state index is 12.2. The average Bonchev–Trinajstić information content (AvgIpc) is 3.34. The second kappa shape index (κ2) is 5.79. The van der Waals surface area contributed by atoms with Crippen LogP contribution < -0.4 is 5.32 Å². The molecule has 3 atom stereocenters. The molecule has 114 valence electrons. The number of hydrogen-bond donors (Lipinski definition) is 1. The van der Waals surface area contributed by atoms with Gasteiger partial charge in [0, 0.05) is 5.92 Å². The van der Waals surface area contributed by atoms with Crippen LogP contribution in [0.25, 0.3) is 10.8 Å². The van der Waals surface area contributed by atoms with Crippen molar-refractivity contribution < 1.29 is 14.3 Å². The lowest BCUT2D eigenvalue weighted by atomic mass is 10.00. The van der Waals surface area contributed by atoms with Crippen molar-refractivity contribution in [2.45, 2.75) is 25.3 Å². The number of amides is 1. The maximum atomic E-state index is 12.2. The minimum Gasteiger partial charge on any atom is -0.467 e. The van der Waals surface area contributed by atoms with Gasteiger partial charge in [-0.05, 0) is 35.6 Å². The average molecular weight is 297 g/mol. The summed E-state index contributed by atoms with van der Waals surface area (Å²) >= 11 is 0. The molecule has 0 saturated heterocycles. The minimum absolute atomic E-state index is 0.0575. The van der Waals surface area contributed by atoms with Gasteiger partial charge in [0.2, 0.25) is 5.91 Å². The van der Waals surface area contributed by atoms with E-state index in [0.29, 0.717) is 0 Å². The first-order valence-electron chi connectivity index (χ1n) is 7.47. The highest BCUT2D eigenvalue weighted by atomic mass is 16.5. The fraction of sp³-hybridized carbons (Fsp3) is 0.333. The van der Waals surface area contributed by atoms with Gasteiger partial charge in [0.15, 0.2) is 0 Å². The van der Waals surface area contributed by atoms with Crippen molar-refractivity contribution in [2.24, 2.45) is 5.92 Å². The van der Waals surface area contributed by atoms with Gasteiger partial charge >= 0.3 is 5.97 Å². The molecule has 1 N–H and O–H groups in total. The molecule has 4 nitrogen and oxygen atoms in total. The van der Waals surface area contributed by atoms with Gasteiger partial charge in [0.25, 0.3) is 0 Å². The Labute approximate surface area is 129 Å². The lowest BCUT2D eigenvalue weighted by molar-refractivity contribution is -0.144. The molecule has 0 aliphatic heterocycles. The summed E-state index contributed by atoms with van der Waals surface area (Å²) in [7, 11) is 1.32. The fourth-order valence-corrected chi connectivity index (χ4v) is 2.96. The quantitative estimate of drug-likeness (QED) is 0.883. The number of benzene rings is 2. The molecule has 1 aliphatic rings. The first-order chi connectivity index (χ1) is 10.6. The van der Waals surface area contributed by atoms with Crippen LogP contribution in [0, 0.1) is 5.92 Å².